The Hall–Kier alpha value is -1.10. The summed E-state index contributed by atoms with van der Waals surface area (Å²) in [7, 11) is 0. The van der Waals surface area contributed by atoms with E-state index in [-0.39, 0.29) is 0 Å². The van der Waals surface area contributed by atoms with Crippen LogP contribution in [0.25, 0.3) is 0 Å². The third kappa shape index (κ3) is 4.20. The largest absolute Gasteiger partial charge is 0.399 e. The third-order valence-electron chi connectivity index (χ3n) is 3.98. The van der Waals surface area contributed by atoms with Gasteiger partial charge in [0.05, 0.1) is 5.60 Å². The van der Waals surface area contributed by atoms with E-state index in [1.54, 1.807) is 0 Å². The Morgan fingerprint density at radius 1 is 1.15 bits per heavy atom. The highest BCUT2D eigenvalue weighted by molar-refractivity contribution is 5.40. The maximum atomic E-state index is 9.88. The summed E-state index contributed by atoms with van der Waals surface area (Å²) < 4.78 is 0. The zero-order valence-electron chi connectivity index (χ0n) is 12.8. The lowest BCUT2D eigenvalue weighted by atomic mass is 10.0. The van der Waals surface area contributed by atoms with E-state index < -0.39 is 5.60 Å². The lowest BCUT2D eigenvalue weighted by molar-refractivity contribution is 0.0120. The quantitative estimate of drug-likeness (QED) is 0.823. The first-order valence-corrected chi connectivity index (χ1v) is 7.39. The van der Waals surface area contributed by atoms with Gasteiger partial charge in [-0.3, -0.25) is 9.80 Å². The van der Waals surface area contributed by atoms with Gasteiger partial charge >= 0.3 is 0 Å². The Labute approximate surface area is 122 Å². The lowest BCUT2D eigenvalue weighted by Gasteiger charge is -2.40. The van der Waals surface area contributed by atoms with Gasteiger partial charge in [-0.05, 0) is 38.5 Å². The molecule has 0 aromatic heterocycles. The topological polar surface area (TPSA) is 52.7 Å². The minimum absolute atomic E-state index is 0.417. The minimum Gasteiger partial charge on any atom is -0.399 e. The van der Waals surface area contributed by atoms with Gasteiger partial charge in [0.25, 0.3) is 0 Å². The number of nitrogens with two attached hydrogens (primary N) is 1. The van der Waals surface area contributed by atoms with E-state index in [2.05, 4.69) is 28.9 Å². The fourth-order valence-corrected chi connectivity index (χ4v) is 2.84. The molecule has 1 fully saturated rings. The van der Waals surface area contributed by atoms with E-state index in [1.165, 1.54) is 5.56 Å². The van der Waals surface area contributed by atoms with Crippen molar-refractivity contribution in [2.45, 2.75) is 32.4 Å². The number of piperazine rings is 1. The third-order valence-corrected chi connectivity index (χ3v) is 3.98. The van der Waals surface area contributed by atoms with Crippen LogP contribution in [0, 0.1) is 0 Å². The molecule has 3 N–H and O–H groups in total. The molecule has 2 rings (SSSR count). The van der Waals surface area contributed by atoms with Crippen LogP contribution >= 0.6 is 0 Å². The second kappa shape index (κ2) is 6.12. The van der Waals surface area contributed by atoms with Gasteiger partial charge in [0.1, 0.15) is 0 Å². The SMILES string of the molecule is CC(c1ccc(N)cc1)N1CCN(CC(C)(C)O)CC1. The van der Waals surface area contributed by atoms with Crippen LogP contribution in [0.15, 0.2) is 24.3 Å². The number of hydrogen-bond acceptors (Lipinski definition) is 4. The van der Waals surface area contributed by atoms with E-state index in [0.29, 0.717) is 6.04 Å². The number of benzene rings is 1. The Balaban J connectivity index is 1.88. The Morgan fingerprint density at radius 3 is 2.20 bits per heavy atom. The zero-order valence-corrected chi connectivity index (χ0v) is 12.8. The molecule has 1 aliphatic rings. The number of nitrogens with zero attached hydrogens (tertiary/aromatic N) is 2. The Kier molecular flexibility index (Phi) is 4.68. The predicted molar refractivity (Wildman–Crippen MR) is 83.6 cm³/mol. The van der Waals surface area contributed by atoms with Gasteiger partial charge in [0, 0.05) is 44.5 Å². The van der Waals surface area contributed by atoms with Crippen molar-refractivity contribution in [3.8, 4) is 0 Å². The van der Waals surface area contributed by atoms with Crippen molar-refractivity contribution in [2.75, 3.05) is 38.5 Å². The fraction of sp³-hybridized carbons (Fsp3) is 0.625. The molecule has 0 spiro atoms. The highest BCUT2D eigenvalue weighted by Crippen LogP contribution is 2.22. The van der Waals surface area contributed by atoms with Crippen molar-refractivity contribution in [1.82, 2.24) is 9.80 Å². The average molecular weight is 277 g/mol. The van der Waals surface area contributed by atoms with Crippen LogP contribution in [0.1, 0.15) is 32.4 Å². The maximum absolute atomic E-state index is 9.88. The summed E-state index contributed by atoms with van der Waals surface area (Å²) in [5, 5.41) is 9.88. The van der Waals surface area contributed by atoms with E-state index >= 15 is 0 Å². The van der Waals surface area contributed by atoms with Crippen LogP contribution in [-0.2, 0) is 0 Å². The summed E-state index contributed by atoms with van der Waals surface area (Å²) in [5.74, 6) is 0. The van der Waals surface area contributed by atoms with Crippen LogP contribution < -0.4 is 5.73 Å². The van der Waals surface area contributed by atoms with Gasteiger partial charge in [0.2, 0.25) is 0 Å². The minimum atomic E-state index is -0.606. The van der Waals surface area contributed by atoms with Gasteiger partial charge < -0.3 is 10.8 Å². The monoisotopic (exact) mass is 277 g/mol. The Bertz CT molecular complexity index is 416. The summed E-state index contributed by atoms with van der Waals surface area (Å²) in [4.78, 5) is 4.83. The van der Waals surface area contributed by atoms with E-state index in [4.69, 9.17) is 5.73 Å². The lowest BCUT2D eigenvalue weighted by Crippen LogP contribution is -2.50. The maximum Gasteiger partial charge on any atom is 0.0718 e. The molecule has 1 saturated heterocycles. The van der Waals surface area contributed by atoms with Crippen LogP contribution in [0.5, 0.6) is 0 Å². The second-order valence-corrected chi connectivity index (χ2v) is 6.47. The van der Waals surface area contributed by atoms with E-state index in [0.717, 1.165) is 38.4 Å². The number of hydrogen-bond donors (Lipinski definition) is 2. The molecule has 1 aromatic rings. The van der Waals surface area contributed by atoms with Crippen molar-refractivity contribution < 1.29 is 5.11 Å². The van der Waals surface area contributed by atoms with Gasteiger partial charge in [0.15, 0.2) is 0 Å². The smallest absolute Gasteiger partial charge is 0.0718 e. The second-order valence-electron chi connectivity index (χ2n) is 6.47. The molecule has 1 aliphatic heterocycles. The van der Waals surface area contributed by atoms with E-state index in [1.807, 2.05) is 26.0 Å². The molecule has 1 heterocycles. The summed E-state index contributed by atoms with van der Waals surface area (Å²) >= 11 is 0. The number of aliphatic hydroxyl groups is 1. The number of nitrogen functional groups attached to an aromatic ring is 1. The molecule has 4 nitrogen and oxygen atoms in total. The van der Waals surface area contributed by atoms with Crippen molar-refractivity contribution in [1.29, 1.82) is 0 Å². The molecule has 0 bridgehead atoms. The van der Waals surface area contributed by atoms with Crippen molar-refractivity contribution >= 4 is 5.69 Å². The molecule has 4 heteroatoms. The molecule has 0 radical (unpaired) electrons. The fourth-order valence-electron chi connectivity index (χ4n) is 2.84. The first kappa shape index (κ1) is 15.3. The van der Waals surface area contributed by atoms with Crippen molar-refractivity contribution in [3.05, 3.63) is 29.8 Å². The molecule has 0 amide bonds. The predicted octanol–water partition coefficient (Wildman–Crippen LogP) is 1.72. The van der Waals surface area contributed by atoms with Gasteiger partial charge in [-0.2, -0.15) is 0 Å². The van der Waals surface area contributed by atoms with Crippen LogP contribution in [-0.4, -0.2) is 53.2 Å². The number of rotatable bonds is 4. The van der Waals surface area contributed by atoms with Crippen molar-refractivity contribution in [3.63, 3.8) is 0 Å². The van der Waals surface area contributed by atoms with Crippen LogP contribution in [0.2, 0.25) is 0 Å². The first-order chi connectivity index (χ1) is 9.35. The Morgan fingerprint density at radius 2 is 1.70 bits per heavy atom. The van der Waals surface area contributed by atoms with Crippen LogP contribution in [0.3, 0.4) is 0 Å². The number of anilines is 1. The van der Waals surface area contributed by atoms with Gasteiger partial charge in [-0.1, -0.05) is 12.1 Å². The highest BCUT2D eigenvalue weighted by atomic mass is 16.3. The van der Waals surface area contributed by atoms with Gasteiger partial charge in [-0.15, -0.1) is 0 Å². The molecule has 0 aliphatic carbocycles. The van der Waals surface area contributed by atoms with E-state index in [9.17, 15) is 5.11 Å². The molecule has 20 heavy (non-hydrogen) atoms. The average Bonchev–Trinajstić information content (AvgIpc) is 2.38. The summed E-state index contributed by atoms with van der Waals surface area (Å²) in [6.45, 7) is 10.9. The van der Waals surface area contributed by atoms with Crippen LogP contribution in [0.4, 0.5) is 5.69 Å². The molecule has 0 saturated carbocycles. The normalized spacial score (nSPS) is 20.0. The standard InChI is InChI=1S/C16H27N3O/c1-13(14-4-6-15(17)7-5-14)19-10-8-18(9-11-19)12-16(2,3)20/h4-7,13,20H,8-12,17H2,1-3H3. The van der Waals surface area contributed by atoms with Crippen molar-refractivity contribution in [2.24, 2.45) is 0 Å². The molecule has 1 unspecified atom stereocenters. The first-order valence-electron chi connectivity index (χ1n) is 7.39. The highest BCUT2D eigenvalue weighted by Gasteiger charge is 2.25. The number of β-amino-alcohol motifs (C(OH)–C–C–N with tert-alkyl or cyclic N) is 1. The molecule has 112 valence electrons. The molecule has 1 aromatic carbocycles. The molecule has 1 atom stereocenters. The zero-order chi connectivity index (χ0) is 14.8. The van der Waals surface area contributed by atoms with Gasteiger partial charge in [-0.25, -0.2) is 0 Å². The summed E-state index contributed by atoms with van der Waals surface area (Å²) in [6, 6.07) is 8.58. The summed E-state index contributed by atoms with van der Waals surface area (Å²) in [5.41, 5.74) is 7.26. The summed E-state index contributed by atoms with van der Waals surface area (Å²) in [6.07, 6.45) is 0. The molecular weight excluding hydrogens is 250 g/mol. The molecular formula is C16H27N3O.